The second-order valence-corrected chi connectivity index (χ2v) is 5.78. The number of pyridine rings is 2. The normalized spacial score (nSPS) is 11.1. The summed E-state index contributed by atoms with van der Waals surface area (Å²) in [7, 11) is 0. The van der Waals surface area contributed by atoms with Crippen LogP contribution in [0.25, 0.3) is 33.4 Å². The molecule has 3 N–H and O–H groups in total. The second-order valence-electron chi connectivity index (χ2n) is 5.37. The number of hydrogen-bond acceptors (Lipinski definition) is 3. The van der Waals surface area contributed by atoms with Crippen molar-refractivity contribution < 1.29 is 4.39 Å². The minimum absolute atomic E-state index is 0.261. The van der Waals surface area contributed by atoms with Gasteiger partial charge in [0.15, 0.2) is 0 Å². The molecule has 0 spiro atoms. The average Bonchev–Trinajstić information content (AvgIpc) is 2.95. The van der Waals surface area contributed by atoms with Gasteiger partial charge in [0.25, 0.3) is 0 Å². The van der Waals surface area contributed by atoms with Gasteiger partial charge in [-0.3, -0.25) is 4.98 Å². The molecule has 4 rings (SSSR count). The third kappa shape index (κ3) is 2.39. The van der Waals surface area contributed by atoms with Crippen molar-refractivity contribution in [1.29, 1.82) is 0 Å². The fraction of sp³-hybridized carbons (Fsp3) is 0. The summed E-state index contributed by atoms with van der Waals surface area (Å²) >= 11 is 6.16. The molecule has 0 radical (unpaired) electrons. The molecule has 0 aliphatic rings. The van der Waals surface area contributed by atoms with Gasteiger partial charge in [-0.2, -0.15) is 0 Å². The highest BCUT2D eigenvalue weighted by Crippen LogP contribution is 2.39. The van der Waals surface area contributed by atoms with Crippen LogP contribution in [-0.4, -0.2) is 15.0 Å². The Hall–Kier alpha value is -2.92. The van der Waals surface area contributed by atoms with E-state index in [1.54, 1.807) is 30.6 Å². The lowest BCUT2D eigenvalue weighted by molar-refractivity contribution is 0.628. The van der Waals surface area contributed by atoms with Crippen LogP contribution in [0, 0.1) is 5.82 Å². The lowest BCUT2D eigenvalue weighted by Gasteiger charge is -2.05. The van der Waals surface area contributed by atoms with Crippen molar-refractivity contribution in [3.05, 3.63) is 65.7 Å². The molecule has 4 aromatic rings. The number of aromatic nitrogens is 3. The first-order chi connectivity index (χ1) is 11.6. The van der Waals surface area contributed by atoms with Gasteiger partial charge in [0.2, 0.25) is 0 Å². The molecule has 3 heterocycles. The van der Waals surface area contributed by atoms with Crippen LogP contribution in [0.15, 0.2) is 54.9 Å². The summed E-state index contributed by atoms with van der Waals surface area (Å²) in [5, 5.41) is 1.24. The predicted octanol–water partition coefficient (Wildman–Crippen LogP) is 4.67. The SMILES string of the molecule is Nc1nc2[nH]c(-c3ccc(F)cc3)c(-c3ccncc3)c2cc1Cl. The van der Waals surface area contributed by atoms with Gasteiger partial charge in [-0.05, 0) is 53.6 Å². The van der Waals surface area contributed by atoms with E-state index in [-0.39, 0.29) is 11.6 Å². The fourth-order valence-electron chi connectivity index (χ4n) is 2.76. The maximum atomic E-state index is 13.3. The first-order valence-corrected chi connectivity index (χ1v) is 7.65. The number of fused-ring (bicyclic) bond motifs is 1. The second kappa shape index (κ2) is 5.62. The summed E-state index contributed by atoms with van der Waals surface area (Å²) < 4.78 is 13.3. The smallest absolute Gasteiger partial charge is 0.144 e. The zero-order chi connectivity index (χ0) is 16.7. The van der Waals surface area contributed by atoms with Crippen LogP contribution in [-0.2, 0) is 0 Å². The summed E-state index contributed by atoms with van der Waals surface area (Å²) in [6, 6.07) is 11.9. The number of halogens is 2. The predicted molar refractivity (Wildman–Crippen MR) is 94.1 cm³/mol. The number of nitrogens with zero attached hydrogens (tertiary/aromatic N) is 2. The van der Waals surface area contributed by atoms with Crippen LogP contribution < -0.4 is 5.73 Å². The highest BCUT2D eigenvalue weighted by Gasteiger charge is 2.17. The van der Waals surface area contributed by atoms with Crippen LogP contribution in [0.5, 0.6) is 0 Å². The molecule has 4 nitrogen and oxygen atoms in total. The molecule has 118 valence electrons. The van der Waals surface area contributed by atoms with Crippen LogP contribution in [0.2, 0.25) is 5.02 Å². The fourth-order valence-corrected chi connectivity index (χ4v) is 2.91. The Labute approximate surface area is 142 Å². The molecule has 0 aliphatic heterocycles. The van der Waals surface area contributed by atoms with Gasteiger partial charge < -0.3 is 10.7 Å². The zero-order valence-corrected chi connectivity index (χ0v) is 13.2. The summed E-state index contributed by atoms with van der Waals surface area (Å²) in [6.07, 6.45) is 3.43. The molecule has 0 bridgehead atoms. The number of nitrogens with one attached hydrogen (secondary N) is 1. The van der Waals surface area contributed by atoms with Crippen LogP contribution >= 0.6 is 11.6 Å². The minimum Gasteiger partial charge on any atom is -0.382 e. The average molecular weight is 339 g/mol. The van der Waals surface area contributed by atoms with Crippen molar-refractivity contribution in [2.75, 3.05) is 5.73 Å². The number of aromatic amines is 1. The lowest BCUT2D eigenvalue weighted by Crippen LogP contribution is -1.91. The van der Waals surface area contributed by atoms with Gasteiger partial charge in [-0.25, -0.2) is 9.37 Å². The Morgan fingerprint density at radius 2 is 1.71 bits per heavy atom. The highest BCUT2D eigenvalue weighted by molar-refractivity contribution is 6.33. The van der Waals surface area contributed by atoms with Crippen molar-refractivity contribution in [2.45, 2.75) is 0 Å². The molecule has 0 saturated carbocycles. The number of nitrogen functional groups attached to an aromatic ring is 1. The van der Waals surface area contributed by atoms with Crippen LogP contribution in [0.3, 0.4) is 0 Å². The van der Waals surface area contributed by atoms with E-state index >= 15 is 0 Å². The number of anilines is 1. The monoisotopic (exact) mass is 338 g/mol. The van der Waals surface area contributed by atoms with Gasteiger partial charge in [-0.15, -0.1) is 0 Å². The summed E-state index contributed by atoms with van der Waals surface area (Å²) in [4.78, 5) is 11.7. The third-order valence-electron chi connectivity index (χ3n) is 3.87. The van der Waals surface area contributed by atoms with Gasteiger partial charge >= 0.3 is 0 Å². The first-order valence-electron chi connectivity index (χ1n) is 7.27. The molecule has 0 unspecified atom stereocenters. The number of hydrogen-bond donors (Lipinski definition) is 2. The van der Waals surface area contributed by atoms with E-state index < -0.39 is 0 Å². The Morgan fingerprint density at radius 1 is 1.00 bits per heavy atom. The largest absolute Gasteiger partial charge is 0.382 e. The van der Waals surface area contributed by atoms with Gasteiger partial charge in [-0.1, -0.05) is 11.6 Å². The molecule has 0 amide bonds. The van der Waals surface area contributed by atoms with Gasteiger partial charge in [0.05, 0.1) is 10.7 Å². The maximum absolute atomic E-state index is 13.3. The number of benzene rings is 1. The van der Waals surface area contributed by atoms with Crippen molar-refractivity contribution in [3.63, 3.8) is 0 Å². The van der Waals surface area contributed by atoms with Crippen molar-refractivity contribution in [2.24, 2.45) is 0 Å². The summed E-state index contributed by atoms with van der Waals surface area (Å²) in [6.45, 7) is 0. The molecule has 0 atom stereocenters. The van der Waals surface area contributed by atoms with E-state index in [1.165, 1.54) is 12.1 Å². The summed E-state index contributed by atoms with van der Waals surface area (Å²) in [5.41, 5.74) is 10.00. The highest BCUT2D eigenvalue weighted by atomic mass is 35.5. The first kappa shape index (κ1) is 14.7. The maximum Gasteiger partial charge on any atom is 0.144 e. The molecule has 0 aliphatic carbocycles. The molecule has 3 aromatic heterocycles. The van der Waals surface area contributed by atoms with Crippen molar-refractivity contribution >= 4 is 28.5 Å². The molecule has 0 fully saturated rings. The Balaban J connectivity index is 2.07. The molecule has 1 aromatic carbocycles. The summed E-state index contributed by atoms with van der Waals surface area (Å²) in [5.74, 6) is -0.0249. The topological polar surface area (TPSA) is 67.6 Å². The van der Waals surface area contributed by atoms with Crippen molar-refractivity contribution in [1.82, 2.24) is 15.0 Å². The van der Waals surface area contributed by atoms with Crippen molar-refractivity contribution in [3.8, 4) is 22.4 Å². The Bertz CT molecular complexity index is 1030. The molecule has 6 heteroatoms. The standard InChI is InChI=1S/C18H12ClFN4/c19-14-9-13-15(10-5-7-22-8-6-10)16(23-18(13)24-17(14)21)11-1-3-12(20)4-2-11/h1-9H,(H3,21,23,24). The van der Waals surface area contributed by atoms with Crippen LogP contribution in [0.1, 0.15) is 0 Å². The minimum atomic E-state index is -0.286. The number of nitrogens with two attached hydrogens (primary N) is 1. The van der Waals surface area contributed by atoms with E-state index in [9.17, 15) is 4.39 Å². The van der Waals surface area contributed by atoms with E-state index in [0.29, 0.717) is 10.7 Å². The molecule has 0 saturated heterocycles. The quantitative estimate of drug-likeness (QED) is 0.558. The lowest BCUT2D eigenvalue weighted by atomic mass is 10.00. The Morgan fingerprint density at radius 3 is 2.42 bits per heavy atom. The zero-order valence-electron chi connectivity index (χ0n) is 12.4. The number of H-pyrrole nitrogens is 1. The van der Waals surface area contributed by atoms with Gasteiger partial charge in [0.1, 0.15) is 17.3 Å². The van der Waals surface area contributed by atoms with E-state index in [0.717, 1.165) is 27.8 Å². The van der Waals surface area contributed by atoms with E-state index in [2.05, 4.69) is 15.0 Å². The van der Waals surface area contributed by atoms with Gasteiger partial charge in [0, 0.05) is 23.3 Å². The molecular formula is C18H12ClFN4. The number of rotatable bonds is 2. The third-order valence-corrected chi connectivity index (χ3v) is 4.17. The van der Waals surface area contributed by atoms with Crippen LogP contribution in [0.4, 0.5) is 10.2 Å². The van der Waals surface area contributed by atoms with E-state index in [4.69, 9.17) is 17.3 Å². The molecular weight excluding hydrogens is 327 g/mol. The molecule has 24 heavy (non-hydrogen) atoms. The Kier molecular flexibility index (Phi) is 3.43. The van der Waals surface area contributed by atoms with E-state index in [1.807, 2.05) is 12.1 Å².